The Hall–Kier alpha value is -6.17. The van der Waals surface area contributed by atoms with Crippen LogP contribution in [0.25, 0.3) is 0 Å². The largest absolute Gasteiger partial charge is 0.510 e. The molecule has 8 rings (SSSR count). The first-order chi connectivity index (χ1) is 30.0. The maximum absolute atomic E-state index is 13.4. The van der Waals surface area contributed by atoms with Crippen LogP contribution in [0, 0.1) is 23.7 Å². The molecule has 0 unspecified atom stereocenters. The van der Waals surface area contributed by atoms with E-state index >= 15 is 0 Å². The SMILES string of the molecule is CN(C)[C@@H]1C(O)=C(C(N)=O)C(=O)[C@@]2(O)C(O)=C3C(=O)c4c(O)ccc(Cl)c4[C@@](C)(O)[C@H]3C[C@@H]12.C[C@H]1c2cccc(O)c2C(=O)C2=C(O)[C@]3(O)C(=O)C(C(N)=O)=C(O)[C@@H](N(C)C)[C@@H]3[C@@H](O)[C@@H]21.O. The van der Waals surface area contributed by atoms with Crippen LogP contribution in [-0.4, -0.2) is 159 Å². The first-order valence-corrected chi connectivity index (χ1v) is 20.5. The molecule has 354 valence electrons. The minimum Gasteiger partial charge on any atom is -0.510 e. The summed E-state index contributed by atoms with van der Waals surface area (Å²) in [4.78, 5) is 79.8. The second-order valence-corrected chi connectivity index (χ2v) is 18.3. The van der Waals surface area contributed by atoms with E-state index < -0.39 is 151 Å². The van der Waals surface area contributed by atoms with Crippen molar-refractivity contribution in [1.82, 2.24) is 9.80 Å². The van der Waals surface area contributed by atoms with Crippen molar-refractivity contribution in [2.75, 3.05) is 28.2 Å². The Morgan fingerprint density at radius 3 is 1.74 bits per heavy atom. The number of nitrogens with two attached hydrogens (primary N) is 2. The number of phenolic OH excluding ortho intramolecular Hbond substituents is 2. The minimum atomic E-state index is -2.89. The fourth-order valence-corrected chi connectivity index (χ4v) is 11.5. The number of likely N-dealkylation sites (N-methyl/N-ethyl adjacent to an activating group) is 2. The molecule has 0 aromatic heterocycles. The van der Waals surface area contributed by atoms with Gasteiger partial charge in [0.2, 0.25) is 11.6 Å². The van der Waals surface area contributed by atoms with Crippen molar-refractivity contribution in [3.63, 3.8) is 0 Å². The van der Waals surface area contributed by atoms with Gasteiger partial charge in [0.15, 0.2) is 22.8 Å². The molecule has 2 aromatic carbocycles. The first kappa shape index (κ1) is 49.3. The number of benzene rings is 2. The van der Waals surface area contributed by atoms with E-state index in [2.05, 4.69) is 0 Å². The van der Waals surface area contributed by atoms with E-state index in [1.165, 1.54) is 57.0 Å². The number of hydrogen-bond donors (Lipinski definition) is 12. The molecule has 6 aliphatic rings. The second-order valence-electron chi connectivity index (χ2n) is 17.9. The van der Waals surface area contributed by atoms with Gasteiger partial charge >= 0.3 is 0 Å². The van der Waals surface area contributed by atoms with E-state index in [4.69, 9.17) is 23.1 Å². The molecule has 16 N–H and O–H groups in total. The molecule has 0 saturated carbocycles. The molecule has 0 bridgehead atoms. The highest BCUT2D eigenvalue weighted by atomic mass is 35.5. The lowest BCUT2D eigenvalue weighted by molar-refractivity contribution is -0.162. The maximum Gasteiger partial charge on any atom is 0.255 e. The number of carbonyl (C=O) groups excluding carboxylic acids is 6. The highest BCUT2D eigenvalue weighted by Crippen LogP contribution is 2.58. The van der Waals surface area contributed by atoms with Crippen LogP contribution in [0.1, 0.15) is 58.0 Å². The van der Waals surface area contributed by atoms with Crippen LogP contribution in [0.2, 0.25) is 5.02 Å². The lowest BCUT2D eigenvalue weighted by Gasteiger charge is -2.53. The second kappa shape index (κ2) is 16.0. The summed E-state index contributed by atoms with van der Waals surface area (Å²) in [6.07, 6.45) is -1.85. The van der Waals surface area contributed by atoms with Gasteiger partial charge in [-0.15, -0.1) is 0 Å². The Morgan fingerprint density at radius 2 is 1.21 bits per heavy atom. The van der Waals surface area contributed by atoms with E-state index in [1.807, 2.05) is 0 Å². The van der Waals surface area contributed by atoms with Gasteiger partial charge in [0.05, 0.1) is 40.8 Å². The molecular weight excluding hydrogens is 892 g/mol. The fraction of sp³-hybridized carbons (Fsp3) is 0.409. The number of Topliss-reactive ketones (excluding diaryl/α,β-unsaturated/α-hetero) is 4. The number of ketones is 4. The van der Waals surface area contributed by atoms with Crippen LogP contribution < -0.4 is 11.5 Å². The summed E-state index contributed by atoms with van der Waals surface area (Å²) in [6, 6.07) is 4.46. The molecule has 0 heterocycles. The van der Waals surface area contributed by atoms with Crippen LogP contribution in [-0.2, 0) is 24.8 Å². The predicted octanol–water partition coefficient (Wildman–Crippen LogP) is -0.733. The highest BCUT2D eigenvalue weighted by molar-refractivity contribution is 6.33. The summed E-state index contributed by atoms with van der Waals surface area (Å²) in [5, 5.41) is 110. The van der Waals surface area contributed by atoms with Gasteiger partial charge in [0, 0.05) is 39.5 Å². The Kier molecular flexibility index (Phi) is 12.0. The predicted molar refractivity (Wildman–Crippen MR) is 228 cm³/mol. The Bertz CT molecular complexity index is 2700. The number of aromatic hydroxyl groups is 2. The summed E-state index contributed by atoms with van der Waals surface area (Å²) in [7, 11) is 6.00. The van der Waals surface area contributed by atoms with E-state index in [1.54, 1.807) is 19.1 Å². The van der Waals surface area contributed by atoms with Crippen molar-refractivity contribution in [3.05, 3.63) is 103 Å². The molecule has 66 heavy (non-hydrogen) atoms. The van der Waals surface area contributed by atoms with Gasteiger partial charge in [-0.1, -0.05) is 30.7 Å². The normalized spacial score (nSPS) is 33.5. The number of carbonyl (C=O) groups is 6. The lowest BCUT2D eigenvalue weighted by atomic mass is 9.55. The third kappa shape index (κ3) is 6.25. The summed E-state index contributed by atoms with van der Waals surface area (Å²) >= 11 is 6.26. The molecule has 0 spiro atoms. The van der Waals surface area contributed by atoms with Crippen molar-refractivity contribution in [1.29, 1.82) is 0 Å². The van der Waals surface area contributed by atoms with Crippen molar-refractivity contribution in [3.8, 4) is 11.5 Å². The van der Waals surface area contributed by atoms with Crippen LogP contribution in [0.5, 0.6) is 11.5 Å². The van der Waals surface area contributed by atoms with Crippen LogP contribution in [0.3, 0.4) is 0 Å². The number of hydrogen-bond acceptors (Lipinski definition) is 18. The molecule has 0 radical (unpaired) electrons. The molecule has 11 atom stereocenters. The zero-order valence-electron chi connectivity index (χ0n) is 36.1. The molecule has 21 nitrogen and oxygen atoms in total. The number of phenols is 2. The maximum atomic E-state index is 13.4. The van der Waals surface area contributed by atoms with E-state index in [-0.39, 0.29) is 39.4 Å². The Labute approximate surface area is 379 Å². The summed E-state index contributed by atoms with van der Waals surface area (Å²) in [6.45, 7) is 3.02. The zero-order chi connectivity index (χ0) is 48.6. The number of amides is 2. The number of rotatable bonds is 4. The Balaban J connectivity index is 0.000000215. The van der Waals surface area contributed by atoms with Gasteiger partial charge in [0.25, 0.3) is 11.8 Å². The quantitative estimate of drug-likeness (QED) is 0.168. The number of nitrogens with zero attached hydrogens (tertiary/aromatic N) is 2. The molecule has 0 aliphatic heterocycles. The molecule has 2 aromatic rings. The molecule has 0 fully saturated rings. The van der Waals surface area contributed by atoms with Crippen molar-refractivity contribution < 1.29 is 85.3 Å². The number of aliphatic hydroxyl groups is 8. The van der Waals surface area contributed by atoms with Crippen molar-refractivity contribution in [2.45, 2.75) is 61.2 Å². The minimum absolute atomic E-state index is 0. The topological polar surface area (TPSA) is 395 Å². The number of halogens is 1. The number of aliphatic hydroxyl groups excluding tert-OH is 5. The van der Waals surface area contributed by atoms with Crippen LogP contribution in [0.4, 0.5) is 0 Å². The lowest BCUT2D eigenvalue weighted by Crippen LogP contribution is -2.68. The molecule has 0 saturated heterocycles. The van der Waals surface area contributed by atoms with Gasteiger partial charge in [-0.2, -0.15) is 0 Å². The van der Waals surface area contributed by atoms with Gasteiger partial charge in [-0.05, 0) is 71.2 Å². The zero-order valence-corrected chi connectivity index (χ0v) is 36.8. The third-order valence-electron chi connectivity index (χ3n) is 14.1. The third-order valence-corrected chi connectivity index (χ3v) is 14.4. The number of fused-ring (bicyclic) bond motifs is 6. The molecule has 2 amide bonds. The van der Waals surface area contributed by atoms with E-state index in [9.17, 15) is 79.8 Å². The smallest absolute Gasteiger partial charge is 0.255 e. The van der Waals surface area contributed by atoms with Gasteiger partial charge < -0.3 is 68.0 Å². The monoisotopic (exact) mass is 940 g/mol. The van der Waals surface area contributed by atoms with Crippen molar-refractivity contribution >= 4 is 46.5 Å². The average molecular weight is 941 g/mol. The van der Waals surface area contributed by atoms with Gasteiger partial charge in [0.1, 0.15) is 45.7 Å². The van der Waals surface area contributed by atoms with E-state index in [0.29, 0.717) is 5.56 Å². The van der Waals surface area contributed by atoms with E-state index in [0.717, 1.165) is 6.07 Å². The number of primary amides is 2. The molecule has 22 heteroatoms. The molecular formula is C44H49ClN4O17. The van der Waals surface area contributed by atoms with Crippen LogP contribution >= 0.6 is 11.6 Å². The van der Waals surface area contributed by atoms with Crippen molar-refractivity contribution in [2.24, 2.45) is 35.1 Å². The highest BCUT2D eigenvalue weighted by Gasteiger charge is 2.68. The van der Waals surface area contributed by atoms with Crippen LogP contribution in [0.15, 0.2) is 75.7 Å². The first-order valence-electron chi connectivity index (χ1n) is 20.1. The van der Waals surface area contributed by atoms with Gasteiger partial charge in [-0.3, -0.25) is 38.6 Å². The summed E-state index contributed by atoms with van der Waals surface area (Å²) < 4.78 is 0. The summed E-state index contributed by atoms with van der Waals surface area (Å²) in [5.74, 6) is -17.2. The molecule has 6 aliphatic carbocycles. The standard InChI is InChI=1S/C22H23ClN2O8.C22H24N2O8.H2O/c1-21(32)7-6-8-15(25(2)3)17(28)13(20(24)31)19(30)22(8,33)18(29)11(7)16(27)12-10(26)5-4-9(23)14(12)21;1-7-8-5-4-6-9(25)11(8)16(26)12-10(7)17(27)14-15(24(2)3)18(28)13(21(23)31)20(30)22(14,32)19(12)29;/h4-5,7-8,15,26,28-29,32-33H,6H2,1-3H3,(H2,24,31);4-7,10,14-15,17,25,27-29,32H,1-3H3,(H2,23,31);1H2/t7-,8-,15-,21-,22-;7-,10+,14+,15-,17-,22-;/m00./s1. The Morgan fingerprint density at radius 1 is 0.727 bits per heavy atom. The fourth-order valence-electron chi connectivity index (χ4n) is 11.2. The average Bonchev–Trinajstić information content (AvgIpc) is 3.20. The summed E-state index contributed by atoms with van der Waals surface area (Å²) in [5.41, 5.74) is 0.152. The van der Waals surface area contributed by atoms with Gasteiger partial charge in [-0.25, -0.2) is 0 Å².